The number of primary amides is 1. The maximum atomic E-state index is 10.7. The van der Waals surface area contributed by atoms with E-state index in [1.165, 1.54) is 4.68 Å². The van der Waals surface area contributed by atoms with Crippen LogP contribution in [0.15, 0.2) is 6.20 Å². The Labute approximate surface area is 77.9 Å². The standard InChI is InChI=1S/C6H10N4O.C2H6/c1-8-4-3-10(2)9-5(4)6(7)11;1-2/h3,8H,1-2H3,(H2,7,11);1-2H3. The van der Waals surface area contributed by atoms with Gasteiger partial charge in [-0.1, -0.05) is 13.8 Å². The summed E-state index contributed by atoms with van der Waals surface area (Å²) < 4.78 is 1.53. The summed E-state index contributed by atoms with van der Waals surface area (Å²) >= 11 is 0. The summed E-state index contributed by atoms with van der Waals surface area (Å²) in [6, 6.07) is 0. The Morgan fingerprint density at radius 2 is 2.15 bits per heavy atom. The van der Waals surface area contributed by atoms with E-state index in [1.54, 1.807) is 20.3 Å². The Bertz CT molecular complexity index is 280. The van der Waals surface area contributed by atoms with Gasteiger partial charge < -0.3 is 11.1 Å². The van der Waals surface area contributed by atoms with Gasteiger partial charge in [0.2, 0.25) is 0 Å². The first-order valence-electron chi connectivity index (χ1n) is 4.16. The molecule has 1 aromatic rings. The Morgan fingerprint density at radius 1 is 1.62 bits per heavy atom. The molecular weight excluding hydrogens is 168 g/mol. The first-order chi connectivity index (χ1) is 6.15. The van der Waals surface area contributed by atoms with Crippen LogP contribution in [0.5, 0.6) is 0 Å². The lowest BCUT2D eigenvalue weighted by molar-refractivity contribution is 0.0995. The van der Waals surface area contributed by atoms with E-state index in [1.807, 2.05) is 13.8 Å². The van der Waals surface area contributed by atoms with Gasteiger partial charge in [-0.3, -0.25) is 9.48 Å². The monoisotopic (exact) mass is 184 g/mol. The number of carbonyl (C=O) groups excluding carboxylic acids is 1. The average Bonchev–Trinajstić information content (AvgIpc) is 2.50. The maximum absolute atomic E-state index is 10.7. The fraction of sp³-hybridized carbons (Fsp3) is 0.500. The highest BCUT2D eigenvalue weighted by Crippen LogP contribution is 2.10. The van der Waals surface area contributed by atoms with Crippen molar-refractivity contribution in [1.29, 1.82) is 0 Å². The highest BCUT2D eigenvalue weighted by molar-refractivity contribution is 5.96. The lowest BCUT2D eigenvalue weighted by Crippen LogP contribution is -2.13. The van der Waals surface area contributed by atoms with Gasteiger partial charge in [-0.2, -0.15) is 5.10 Å². The number of anilines is 1. The molecule has 1 heterocycles. The summed E-state index contributed by atoms with van der Waals surface area (Å²) in [6.07, 6.45) is 1.69. The number of hydrogen-bond donors (Lipinski definition) is 2. The molecule has 3 N–H and O–H groups in total. The molecule has 0 aliphatic rings. The minimum atomic E-state index is -0.519. The Balaban J connectivity index is 0.000000671. The zero-order valence-electron chi connectivity index (χ0n) is 8.46. The van der Waals surface area contributed by atoms with Gasteiger partial charge in [-0.15, -0.1) is 0 Å². The number of nitrogens with zero attached hydrogens (tertiary/aromatic N) is 2. The molecule has 1 aromatic heterocycles. The van der Waals surface area contributed by atoms with Crippen molar-refractivity contribution in [2.24, 2.45) is 12.8 Å². The van der Waals surface area contributed by atoms with Gasteiger partial charge in [0, 0.05) is 20.3 Å². The van der Waals surface area contributed by atoms with Crippen LogP contribution < -0.4 is 11.1 Å². The molecule has 1 amide bonds. The van der Waals surface area contributed by atoms with Crippen molar-refractivity contribution in [3.63, 3.8) is 0 Å². The molecular formula is C8H16N4O. The third kappa shape index (κ3) is 2.77. The van der Waals surface area contributed by atoms with Gasteiger partial charge in [0.15, 0.2) is 5.69 Å². The predicted molar refractivity (Wildman–Crippen MR) is 52.6 cm³/mol. The number of hydrogen-bond acceptors (Lipinski definition) is 3. The highest BCUT2D eigenvalue weighted by Gasteiger charge is 2.10. The first-order valence-corrected chi connectivity index (χ1v) is 4.16. The van der Waals surface area contributed by atoms with Gasteiger partial charge in [0.25, 0.3) is 5.91 Å². The largest absolute Gasteiger partial charge is 0.385 e. The molecule has 0 aromatic carbocycles. The molecule has 0 aliphatic heterocycles. The van der Waals surface area contributed by atoms with E-state index in [4.69, 9.17) is 5.73 Å². The van der Waals surface area contributed by atoms with Crippen LogP contribution in [-0.2, 0) is 7.05 Å². The SMILES string of the molecule is CC.CNc1cn(C)nc1C(N)=O. The van der Waals surface area contributed by atoms with E-state index >= 15 is 0 Å². The molecule has 0 radical (unpaired) electrons. The molecule has 74 valence electrons. The second-order valence-corrected chi connectivity index (χ2v) is 2.18. The highest BCUT2D eigenvalue weighted by atomic mass is 16.1. The van der Waals surface area contributed by atoms with E-state index in [2.05, 4.69) is 10.4 Å². The number of aryl methyl sites for hydroxylation is 1. The smallest absolute Gasteiger partial charge is 0.271 e. The van der Waals surface area contributed by atoms with Crippen molar-refractivity contribution >= 4 is 11.6 Å². The van der Waals surface area contributed by atoms with Crippen LogP contribution in [0.4, 0.5) is 5.69 Å². The van der Waals surface area contributed by atoms with E-state index in [9.17, 15) is 4.79 Å². The van der Waals surface area contributed by atoms with Crippen LogP contribution >= 0.6 is 0 Å². The Hall–Kier alpha value is -1.52. The average molecular weight is 184 g/mol. The fourth-order valence-corrected chi connectivity index (χ4v) is 0.853. The minimum absolute atomic E-state index is 0.273. The summed E-state index contributed by atoms with van der Waals surface area (Å²) in [5.41, 5.74) is 5.97. The van der Waals surface area contributed by atoms with Crippen LogP contribution in [0.25, 0.3) is 0 Å². The van der Waals surface area contributed by atoms with E-state index in [0.717, 1.165) is 0 Å². The van der Waals surface area contributed by atoms with Gasteiger partial charge in [0.05, 0.1) is 5.69 Å². The van der Waals surface area contributed by atoms with E-state index in [0.29, 0.717) is 5.69 Å². The number of aromatic nitrogens is 2. The van der Waals surface area contributed by atoms with Gasteiger partial charge in [-0.25, -0.2) is 0 Å². The molecule has 0 atom stereocenters. The second-order valence-electron chi connectivity index (χ2n) is 2.18. The number of nitrogens with one attached hydrogen (secondary N) is 1. The molecule has 0 saturated carbocycles. The van der Waals surface area contributed by atoms with Crippen molar-refractivity contribution < 1.29 is 4.79 Å². The number of carbonyl (C=O) groups is 1. The normalized spacial score (nSPS) is 8.62. The third-order valence-electron chi connectivity index (χ3n) is 1.33. The van der Waals surface area contributed by atoms with Crippen LogP contribution in [0.1, 0.15) is 24.3 Å². The van der Waals surface area contributed by atoms with Crippen LogP contribution in [0, 0.1) is 0 Å². The Kier molecular flexibility index (Phi) is 4.58. The van der Waals surface area contributed by atoms with Crippen LogP contribution in [0.2, 0.25) is 0 Å². The summed E-state index contributed by atoms with van der Waals surface area (Å²) in [5, 5.41) is 6.67. The molecule has 0 aliphatic carbocycles. The molecule has 0 bridgehead atoms. The van der Waals surface area contributed by atoms with Gasteiger partial charge in [-0.05, 0) is 0 Å². The number of rotatable bonds is 2. The summed E-state index contributed by atoms with van der Waals surface area (Å²) in [4.78, 5) is 10.7. The molecule has 0 fully saturated rings. The minimum Gasteiger partial charge on any atom is -0.385 e. The van der Waals surface area contributed by atoms with Gasteiger partial charge >= 0.3 is 0 Å². The Morgan fingerprint density at radius 3 is 2.46 bits per heavy atom. The summed E-state index contributed by atoms with van der Waals surface area (Å²) in [7, 11) is 3.44. The summed E-state index contributed by atoms with van der Waals surface area (Å²) in [5.74, 6) is -0.519. The fourth-order valence-electron chi connectivity index (χ4n) is 0.853. The molecule has 0 saturated heterocycles. The van der Waals surface area contributed by atoms with Crippen molar-refractivity contribution in [2.75, 3.05) is 12.4 Å². The molecule has 0 unspecified atom stereocenters. The molecule has 5 nitrogen and oxygen atoms in total. The number of amides is 1. The molecule has 1 rings (SSSR count). The van der Waals surface area contributed by atoms with Crippen molar-refractivity contribution in [3.8, 4) is 0 Å². The van der Waals surface area contributed by atoms with Crippen LogP contribution in [-0.4, -0.2) is 22.7 Å². The third-order valence-corrected chi connectivity index (χ3v) is 1.33. The lowest BCUT2D eigenvalue weighted by atomic mass is 10.3. The first kappa shape index (κ1) is 11.5. The topological polar surface area (TPSA) is 72.9 Å². The van der Waals surface area contributed by atoms with Crippen molar-refractivity contribution in [2.45, 2.75) is 13.8 Å². The maximum Gasteiger partial charge on any atom is 0.271 e. The quantitative estimate of drug-likeness (QED) is 0.706. The predicted octanol–water partition coefficient (Wildman–Crippen LogP) is 0.587. The summed E-state index contributed by atoms with van der Waals surface area (Å²) in [6.45, 7) is 4.00. The van der Waals surface area contributed by atoms with Crippen molar-refractivity contribution in [3.05, 3.63) is 11.9 Å². The number of nitrogens with two attached hydrogens (primary N) is 1. The molecule has 0 spiro atoms. The molecule has 13 heavy (non-hydrogen) atoms. The van der Waals surface area contributed by atoms with E-state index in [-0.39, 0.29) is 5.69 Å². The zero-order valence-corrected chi connectivity index (χ0v) is 8.46. The van der Waals surface area contributed by atoms with Crippen LogP contribution in [0.3, 0.4) is 0 Å². The second kappa shape index (κ2) is 5.18. The van der Waals surface area contributed by atoms with Crippen molar-refractivity contribution in [1.82, 2.24) is 9.78 Å². The molecule has 5 heteroatoms. The zero-order chi connectivity index (χ0) is 10.4. The van der Waals surface area contributed by atoms with Gasteiger partial charge in [0.1, 0.15) is 0 Å². The lowest BCUT2D eigenvalue weighted by Gasteiger charge is -1.93. The van der Waals surface area contributed by atoms with E-state index < -0.39 is 5.91 Å².